The lowest BCUT2D eigenvalue weighted by Crippen LogP contribution is -2.07. The van der Waals surface area contributed by atoms with Crippen LogP contribution >= 0.6 is 0 Å². The molecule has 0 aliphatic carbocycles. The van der Waals surface area contributed by atoms with Crippen molar-refractivity contribution >= 4 is 11.8 Å². The average molecular weight is 282 g/mol. The summed E-state index contributed by atoms with van der Waals surface area (Å²) in [5, 5.41) is 0. The van der Waals surface area contributed by atoms with Gasteiger partial charge in [-0.2, -0.15) is 0 Å². The lowest BCUT2D eigenvalue weighted by molar-refractivity contribution is 0.0600. The van der Waals surface area contributed by atoms with Gasteiger partial charge in [-0.3, -0.25) is 4.79 Å². The Hall–Kier alpha value is -2.62. The zero-order valence-electron chi connectivity index (χ0n) is 11.8. The molecular weight excluding hydrogens is 268 g/mol. The summed E-state index contributed by atoms with van der Waals surface area (Å²) in [6.45, 7) is 1.54. The molecule has 3 rings (SSSR count). The van der Waals surface area contributed by atoms with E-state index in [1.54, 1.807) is 24.3 Å². The second kappa shape index (κ2) is 5.05. The van der Waals surface area contributed by atoms with E-state index in [4.69, 9.17) is 9.47 Å². The van der Waals surface area contributed by atoms with Gasteiger partial charge in [0.2, 0.25) is 0 Å². The van der Waals surface area contributed by atoms with Gasteiger partial charge >= 0.3 is 5.97 Å². The minimum atomic E-state index is -0.374. The number of carbonyl (C=O) groups is 2. The summed E-state index contributed by atoms with van der Waals surface area (Å²) in [5.41, 5.74) is 3.00. The van der Waals surface area contributed by atoms with E-state index in [2.05, 4.69) is 0 Å². The smallest absolute Gasteiger partial charge is 0.337 e. The molecular formula is C17H14O4. The molecule has 1 aliphatic rings. The van der Waals surface area contributed by atoms with Gasteiger partial charge in [0.05, 0.1) is 12.7 Å². The second-order valence-electron chi connectivity index (χ2n) is 4.97. The van der Waals surface area contributed by atoms with Crippen molar-refractivity contribution in [2.45, 2.75) is 13.3 Å². The Labute approximate surface area is 122 Å². The number of hydrogen-bond acceptors (Lipinski definition) is 4. The molecule has 0 atom stereocenters. The summed E-state index contributed by atoms with van der Waals surface area (Å²) in [6, 6.07) is 10.6. The molecule has 1 heterocycles. The maximum Gasteiger partial charge on any atom is 0.337 e. The lowest BCUT2D eigenvalue weighted by atomic mass is 9.96. The predicted molar refractivity (Wildman–Crippen MR) is 77.1 cm³/mol. The van der Waals surface area contributed by atoms with Crippen LogP contribution in [0.1, 0.15) is 38.8 Å². The van der Waals surface area contributed by atoms with Crippen LogP contribution in [-0.2, 0) is 11.2 Å². The van der Waals surface area contributed by atoms with Crippen LogP contribution in [-0.4, -0.2) is 18.9 Å². The van der Waals surface area contributed by atoms with E-state index in [1.165, 1.54) is 14.0 Å². The molecule has 0 fully saturated rings. The molecule has 0 aromatic heterocycles. The van der Waals surface area contributed by atoms with Crippen LogP contribution in [0.4, 0.5) is 0 Å². The first-order valence-electron chi connectivity index (χ1n) is 6.61. The number of benzene rings is 2. The quantitative estimate of drug-likeness (QED) is 0.534. The molecule has 4 nitrogen and oxygen atoms in total. The molecule has 2 aromatic rings. The normalized spacial score (nSPS) is 11.9. The lowest BCUT2D eigenvalue weighted by Gasteiger charge is -2.21. The zero-order chi connectivity index (χ0) is 15.0. The van der Waals surface area contributed by atoms with Crippen molar-refractivity contribution < 1.29 is 19.1 Å². The Morgan fingerprint density at radius 2 is 1.57 bits per heavy atom. The third-order valence-electron chi connectivity index (χ3n) is 3.55. The van der Waals surface area contributed by atoms with Crippen LogP contribution in [0.5, 0.6) is 11.5 Å². The summed E-state index contributed by atoms with van der Waals surface area (Å²) in [6.07, 6.45) is 0.622. The number of ether oxygens (including phenoxy) is 2. The molecule has 1 aliphatic heterocycles. The second-order valence-corrected chi connectivity index (χ2v) is 4.97. The standard InChI is InChI=1S/C17H14O4/c1-10(18)11-3-5-15-13(7-11)9-14-8-12(17(19)20-2)4-6-16(14)21-15/h3-8H,9H2,1-2H3. The van der Waals surface area contributed by atoms with Gasteiger partial charge in [-0.25, -0.2) is 4.79 Å². The van der Waals surface area contributed by atoms with Crippen LogP contribution in [0.2, 0.25) is 0 Å². The summed E-state index contributed by atoms with van der Waals surface area (Å²) in [5.74, 6) is 1.12. The summed E-state index contributed by atoms with van der Waals surface area (Å²) in [7, 11) is 1.35. The third kappa shape index (κ3) is 2.40. The van der Waals surface area contributed by atoms with E-state index in [1.807, 2.05) is 12.1 Å². The molecule has 0 saturated carbocycles. The number of methoxy groups -OCH3 is 1. The molecule has 0 bridgehead atoms. The van der Waals surface area contributed by atoms with Gasteiger partial charge < -0.3 is 9.47 Å². The van der Waals surface area contributed by atoms with Gasteiger partial charge in [-0.15, -0.1) is 0 Å². The first-order valence-corrected chi connectivity index (χ1v) is 6.61. The Kier molecular flexibility index (Phi) is 3.22. The van der Waals surface area contributed by atoms with Crippen molar-refractivity contribution in [3.8, 4) is 11.5 Å². The van der Waals surface area contributed by atoms with Crippen molar-refractivity contribution in [3.05, 3.63) is 58.7 Å². The summed E-state index contributed by atoms with van der Waals surface area (Å²) < 4.78 is 10.5. The molecule has 0 unspecified atom stereocenters. The molecule has 0 radical (unpaired) electrons. The fraction of sp³-hybridized carbons (Fsp3) is 0.176. The Bertz CT molecular complexity index is 746. The largest absolute Gasteiger partial charge is 0.465 e. The zero-order valence-corrected chi connectivity index (χ0v) is 11.8. The molecule has 106 valence electrons. The van der Waals surface area contributed by atoms with Crippen molar-refractivity contribution in [1.82, 2.24) is 0 Å². The maximum absolute atomic E-state index is 11.6. The monoisotopic (exact) mass is 282 g/mol. The van der Waals surface area contributed by atoms with Crippen molar-refractivity contribution in [2.75, 3.05) is 7.11 Å². The van der Waals surface area contributed by atoms with Crippen LogP contribution in [0.3, 0.4) is 0 Å². The number of rotatable bonds is 2. The highest BCUT2D eigenvalue weighted by atomic mass is 16.5. The first-order chi connectivity index (χ1) is 10.1. The first kappa shape index (κ1) is 13.4. The van der Waals surface area contributed by atoms with Crippen LogP contribution < -0.4 is 4.74 Å². The topological polar surface area (TPSA) is 52.6 Å². The Morgan fingerprint density at radius 3 is 2.14 bits per heavy atom. The molecule has 2 aromatic carbocycles. The van der Waals surface area contributed by atoms with Crippen molar-refractivity contribution in [1.29, 1.82) is 0 Å². The van der Waals surface area contributed by atoms with Gasteiger partial charge in [-0.05, 0) is 43.3 Å². The maximum atomic E-state index is 11.6. The van der Waals surface area contributed by atoms with E-state index in [0.29, 0.717) is 17.5 Å². The fourth-order valence-electron chi connectivity index (χ4n) is 2.42. The van der Waals surface area contributed by atoms with Gasteiger partial charge in [0, 0.05) is 23.1 Å². The van der Waals surface area contributed by atoms with Crippen molar-refractivity contribution in [2.24, 2.45) is 0 Å². The fourth-order valence-corrected chi connectivity index (χ4v) is 2.42. The van der Waals surface area contributed by atoms with E-state index in [-0.39, 0.29) is 11.8 Å². The van der Waals surface area contributed by atoms with E-state index >= 15 is 0 Å². The molecule has 4 heteroatoms. The summed E-state index contributed by atoms with van der Waals surface area (Å²) >= 11 is 0. The molecule has 0 N–H and O–H groups in total. The Balaban J connectivity index is 1.99. The van der Waals surface area contributed by atoms with E-state index < -0.39 is 0 Å². The minimum Gasteiger partial charge on any atom is -0.465 e. The number of carbonyl (C=O) groups excluding carboxylic acids is 2. The predicted octanol–water partition coefficient (Wildman–Crippen LogP) is 3.37. The summed E-state index contributed by atoms with van der Waals surface area (Å²) in [4.78, 5) is 23.0. The molecule has 0 spiro atoms. The number of hydrogen-bond donors (Lipinski definition) is 0. The SMILES string of the molecule is COC(=O)c1ccc2c(c1)Cc1cc(C(C)=O)ccc1O2. The van der Waals surface area contributed by atoms with Gasteiger partial charge in [0.1, 0.15) is 11.5 Å². The number of fused-ring (bicyclic) bond motifs is 2. The number of ketones is 1. The molecule has 21 heavy (non-hydrogen) atoms. The third-order valence-corrected chi connectivity index (χ3v) is 3.55. The van der Waals surface area contributed by atoms with Crippen LogP contribution in [0.25, 0.3) is 0 Å². The number of Topliss-reactive ketones (excluding diaryl/α,β-unsaturated/α-hetero) is 1. The van der Waals surface area contributed by atoms with Crippen molar-refractivity contribution in [3.63, 3.8) is 0 Å². The van der Waals surface area contributed by atoms with E-state index in [9.17, 15) is 9.59 Å². The highest BCUT2D eigenvalue weighted by Crippen LogP contribution is 2.37. The Morgan fingerprint density at radius 1 is 1.00 bits per heavy atom. The highest BCUT2D eigenvalue weighted by Gasteiger charge is 2.19. The molecule has 0 amide bonds. The van der Waals surface area contributed by atoms with Gasteiger partial charge in [0.15, 0.2) is 5.78 Å². The van der Waals surface area contributed by atoms with Crippen LogP contribution in [0, 0.1) is 0 Å². The average Bonchev–Trinajstić information content (AvgIpc) is 2.50. The minimum absolute atomic E-state index is 0.0203. The van der Waals surface area contributed by atoms with E-state index in [0.717, 1.165) is 22.6 Å². The highest BCUT2D eigenvalue weighted by molar-refractivity contribution is 5.94. The van der Waals surface area contributed by atoms with Gasteiger partial charge in [0.25, 0.3) is 0 Å². The van der Waals surface area contributed by atoms with Crippen LogP contribution in [0.15, 0.2) is 36.4 Å². The molecule has 0 saturated heterocycles. The van der Waals surface area contributed by atoms with Gasteiger partial charge in [-0.1, -0.05) is 0 Å². The number of esters is 1.